The molecule has 5 nitrogen and oxygen atoms in total. The van der Waals surface area contributed by atoms with Crippen LogP contribution >= 0.6 is 0 Å². The van der Waals surface area contributed by atoms with Crippen molar-refractivity contribution in [1.29, 1.82) is 0 Å². The lowest BCUT2D eigenvalue weighted by Crippen LogP contribution is -2.29. The topological polar surface area (TPSA) is 91.7 Å². The first-order valence-electron chi connectivity index (χ1n) is 9.52. The fraction of sp³-hybridized carbons (Fsp3) is 0.160. The van der Waals surface area contributed by atoms with Gasteiger partial charge in [0, 0.05) is 11.1 Å². The molecule has 0 aliphatic carbocycles. The van der Waals surface area contributed by atoms with Crippen LogP contribution in [0, 0.1) is 11.8 Å². The monoisotopic (exact) mass is 404 g/mol. The van der Waals surface area contributed by atoms with E-state index in [1.807, 2.05) is 50.2 Å². The first kappa shape index (κ1) is 22.6. The zero-order chi connectivity index (χ0) is 22.1. The van der Waals surface area contributed by atoms with Gasteiger partial charge in [-0.25, -0.2) is 4.79 Å². The number of aromatic carboxylic acids is 1. The molecule has 0 spiro atoms. The van der Waals surface area contributed by atoms with Crippen molar-refractivity contribution in [1.82, 2.24) is 0 Å². The number of benzene rings is 3. The molecular weight excluding hydrogens is 380 g/mol. The van der Waals surface area contributed by atoms with E-state index >= 15 is 0 Å². The normalized spacial score (nSPS) is 10.3. The number of hydrogen-bond acceptors (Lipinski definition) is 4. The standard InChI is InChI=1S/C18H18O2.C7H6O3/c1-13(2)16(17(19)14-9-5-3-6-10-14)18(20)15-11-7-4-8-12-15;8-6-4-2-1-3-5(6)7(9)10/h3-13,16H,1-2H3;1-4,8H,(H,9,10). The average molecular weight is 404 g/mol. The fourth-order valence-corrected chi connectivity index (χ4v) is 2.94. The Morgan fingerprint density at radius 1 is 0.667 bits per heavy atom. The lowest BCUT2D eigenvalue weighted by molar-refractivity contribution is 0.0691. The Morgan fingerprint density at radius 2 is 1.07 bits per heavy atom. The van der Waals surface area contributed by atoms with Gasteiger partial charge in [0.15, 0.2) is 11.6 Å². The predicted octanol–water partition coefficient (Wildman–Crippen LogP) is 5.11. The highest BCUT2D eigenvalue weighted by molar-refractivity contribution is 6.16. The van der Waals surface area contributed by atoms with Crippen molar-refractivity contribution >= 4 is 17.5 Å². The number of carboxylic acids is 1. The molecule has 5 heteroatoms. The van der Waals surface area contributed by atoms with Crippen LogP contribution in [0.1, 0.15) is 44.9 Å². The van der Waals surface area contributed by atoms with E-state index in [1.54, 1.807) is 36.4 Å². The molecule has 154 valence electrons. The summed E-state index contributed by atoms with van der Waals surface area (Å²) in [5.41, 5.74) is 1.12. The summed E-state index contributed by atoms with van der Waals surface area (Å²) in [4.78, 5) is 35.4. The summed E-state index contributed by atoms with van der Waals surface area (Å²) in [6.45, 7) is 3.82. The lowest BCUT2D eigenvalue weighted by Gasteiger charge is -2.18. The van der Waals surface area contributed by atoms with Crippen LogP contribution in [0.5, 0.6) is 5.75 Å². The summed E-state index contributed by atoms with van der Waals surface area (Å²) in [6.07, 6.45) is 0. The van der Waals surface area contributed by atoms with Crippen molar-refractivity contribution in [3.8, 4) is 5.75 Å². The minimum atomic E-state index is -1.11. The van der Waals surface area contributed by atoms with Crippen LogP contribution in [0.25, 0.3) is 0 Å². The number of carboxylic acid groups (broad SMARTS) is 1. The molecule has 3 aromatic rings. The summed E-state index contributed by atoms with van der Waals surface area (Å²) < 4.78 is 0. The molecule has 0 aliphatic heterocycles. The maximum atomic E-state index is 12.6. The van der Waals surface area contributed by atoms with E-state index in [9.17, 15) is 14.4 Å². The number of aromatic hydroxyl groups is 1. The van der Waals surface area contributed by atoms with Gasteiger partial charge in [0.25, 0.3) is 0 Å². The van der Waals surface area contributed by atoms with Crippen LogP contribution < -0.4 is 0 Å². The van der Waals surface area contributed by atoms with Crippen LogP contribution in [-0.4, -0.2) is 27.7 Å². The number of Topliss-reactive ketones (excluding diaryl/α,β-unsaturated/α-hetero) is 2. The average Bonchev–Trinajstić information content (AvgIpc) is 2.75. The zero-order valence-corrected chi connectivity index (χ0v) is 16.9. The minimum Gasteiger partial charge on any atom is -0.507 e. The second-order valence-corrected chi connectivity index (χ2v) is 7.00. The van der Waals surface area contributed by atoms with Gasteiger partial charge in [-0.1, -0.05) is 86.6 Å². The number of rotatable bonds is 6. The molecule has 0 radical (unpaired) electrons. The van der Waals surface area contributed by atoms with Gasteiger partial charge in [-0.2, -0.15) is 0 Å². The Bertz CT molecular complexity index is 943. The van der Waals surface area contributed by atoms with E-state index in [-0.39, 0.29) is 28.8 Å². The molecule has 0 amide bonds. The highest BCUT2D eigenvalue weighted by atomic mass is 16.4. The van der Waals surface area contributed by atoms with Gasteiger partial charge >= 0.3 is 5.97 Å². The lowest BCUT2D eigenvalue weighted by atomic mass is 9.82. The molecule has 0 atom stereocenters. The Labute approximate surface area is 175 Å². The third-order valence-electron chi connectivity index (χ3n) is 4.48. The van der Waals surface area contributed by atoms with Crippen molar-refractivity contribution in [2.24, 2.45) is 11.8 Å². The smallest absolute Gasteiger partial charge is 0.339 e. The summed E-state index contributed by atoms with van der Waals surface area (Å²) in [7, 11) is 0. The quantitative estimate of drug-likeness (QED) is 0.440. The number of para-hydroxylation sites is 1. The highest BCUT2D eigenvalue weighted by Crippen LogP contribution is 2.22. The third kappa shape index (κ3) is 5.88. The predicted molar refractivity (Wildman–Crippen MR) is 115 cm³/mol. The number of phenols is 1. The Kier molecular flexibility index (Phi) is 8.06. The van der Waals surface area contributed by atoms with Gasteiger partial charge in [0.05, 0.1) is 5.92 Å². The van der Waals surface area contributed by atoms with E-state index in [2.05, 4.69) is 0 Å². The van der Waals surface area contributed by atoms with E-state index in [4.69, 9.17) is 10.2 Å². The number of carbonyl (C=O) groups excluding carboxylic acids is 2. The molecule has 30 heavy (non-hydrogen) atoms. The Morgan fingerprint density at radius 3 is 1.40 bits per heavy atom. The molecule has 0 aromatic heterocycles. The minimum absolute atomic E-state index is 0.0320. The van der Waals surface area contributed by atoms with Crippen molar-refractivity contribution in [3.63, 3.8) is 0 Å². The van der Waals surface area contributed by atoms with Crippen molar-refractivity contribution in [2.75, 3.05) is 0 Å². The molecule has 0 saturated carbocycles. The largest absolute Gasteiger partial charge is 0.507 e. The van der Waals surface area contributed by atoms with E-state index in [1.165, 1.54) is 12.1 Å². The second-order valence-electron chi connectivity index (χ2n) is 7.00. The van der Waals surface area contributed by atoms with E-state index < -0.39 is 11.9 Å². The van der Waals surface area contributed by atoms with Gasteiger partial charge in [0.1, 0.15) is 11.3 Å². The van der Waals surface area contributed by atoms with Crippen molar-refractivity contribution in [3.05, 3.63) is 102 Å². The van der Waals surface area contributed by atoms with Crippen LogP contribution in [0.2, 0.25) is 0 Å². The maximum Gasteiger partial charge on any atom is 0.339 e. The van der Waals surface area contributed by atoms with E-state index in [0.29, 0.717) is 11.1 Å². The second kappa shape index (κ2) is 10.7. The SMILES string of the molecule is CC(C)C(C(=O)c1ccccc1)C(=O)c1ccccc1.O=C(O)c1ccccc1O. The Hall–Kier alpha value is -3.73. The Balaban J connectivity index is 0.000000269. The van der Waals surface area contributed by atoms with Gasteiger partial charge in [-0.05, 0) is 18.1 Å². The van der Waals surface area contributed by atoms with Gasteiger partial charge in [0.2, 0.25) is 0 Å². The fourth-order valence-electron chi connectivity index (χ4n) is 2.94. The summed E-state index contributed by atoms with van der Waals surface area (Å²) in [5.74, 6) is -2.17. The number of hydrogen-bond donors (Lipinski definition) is 2. The molecule has 0 saturated heterocycles. The summed E-state index contributed by atoms with van der Waals surface area (Å²) >= 11 is 0. The van der Waals surface area contributed by atoms with Gasteiger partial charge in [-0.3, -0.25) is 9.59 Å². The number of ketones is 2. The van der Waals surface area contributed by atoms with Crippen LogP contribution in [0.4, 0.5) is 0 Å². The molecule has 0 unspecified atom stereocenters. The zero-order valence-electron chi connectivity index (χ0n) is 16.9. The number of carbonyl (C=O) groups is 3. The molecule has 0 aliphatic rings. The molecule has 2 N–H and O–H groups in total. The van der Waals surface area contributed by atoms with Crippen LogP contribution in [0.3, 0.4) is 0 Å². The first-order valence-corrected chi connectivity index (χ1v) is 9.52. The van der Waals surface area contributed by atoms with Crippen LogP contribution in [0.15, 0.2) is 84.9 Å². The van der Waals surface area contributed by atoms with Crippen LogP contribution in [-0.2, 0) is 0 Å². The van der Waals surface area contributed by atoms with Crippen molar-refractivity contribution in [2.45, 2.75) is 13.8 Å². The highest BCUT2D eigenvalue weighted by Gasteiger charge is 2.31. The molecular formula is C25H24O5. The van der Waals surface area contributed by atoms with Gasteiger partial charge < -0.3 is 10.2 Å². The summed E-state index contributed by atoms with van der Waals surface area (Å²) in [5, 5.41) is 17.3. The van der Waals surface area contributed by atoms with Gasteiger partial charge in [-0.15, -0.1) is 0 Å². The van der Waals surface area contributed by atoms with E-state index in [0.717, 1.165) is 0 Å². The maximum absolute atomic E-state index is 12.6. The molecule has 0 fully saturated rings. The third-order valence-corrected chi connectivity index (χ3v) is 4.48. The summed E-state index contributed by atoms with van der Waals surface area (Å²) in [6, 6.07) is 23.8. The molecule has 3 aromatic carbocycles. The first-order chi connectivity index (χ1) is 14.3. The molecule has 0 heterocycles. The molecule has 3 rings (SSSR count). The molecule has 0 bridgehead atoms. The van der Waals surface area contributed by atoms with Crippen molar-refractivity contribution < 1.29 is 24.6 Å².